The van der Waals surface area contributed by atoms with Crippen LogP contribution >= 0.6 is 24.0 Å². The van der Waals surface area contributed by atoms with E-state index in [1.807, 2.05) is 0 Å². The molecule has 2 rings (SSSR count). The third kappa shape index (κ3) is 10.1. The summed E-state index contributed by atoms with van der Waals surface area (Å²) in [4.78, 5) is 7.14. The van der Waals surface area contributed by atoms with Gasteiger partial charge in [0.2, 0.25) is 0 Å². The zero-order chi connectivity index (χ0) is 20.2. The summed E-state index contributed by atoms with van der Waals surface area (Å²) in [5.41, 5.74) is 2.61. The second kappa shape index (κ2) is 15.0. The first-order chi connectivity index (χ1) is 13.6. The highest BCUT2D eigenvalue weighted by atomic mass is 127. The molecular formula is C22H39IN4O2. The van der Waals surface area contributed by atoms with Crippen molar-refractivity contribution in [2.24, 2.45) is 4.99 Å². The van der Waals surface area contributed by atoms with E-state index in [2.05, 4.69) is 67.6 Å². The third-order valence-electron chi connectivity index (χ3n) is 5.03. The monoisotopic (exact) mass is 518 g/mol. The number of hydrogen-bond acceptors (Lipinski definition) is 4. The molecule has 1 unspecified atom stereocenters. The van der Waals surface area contributed by atoms with Crippen LogP contribution in [0, 0.1) is 0 Å². The standard InChI is InChI=1S/C22H38N4O2.HI/c1-5-23-22(24-12-8-13-28-21-11-14-27-17-21)25-15-19-9-6-7-10-20(19)16-26(4)18(2)3;/h6-7,9-10,18,21H,5,8,11-17H2,1-4H3,(H2,23,24,25);1H. The molecule has 0 bridgehead atoms. The normalized spacial score (nSPS) is 16.9. The molecule has 0 radical (unpaired) electrons. The molecule has 1 atom stereocenters. The molecule has 0 aliphatic carbocycles. The van der Waals surface area contributed by atoms with Gasteiger partial charge in [-0.15, -0.1) is 24.0 Å². The minimum Gasteiger partial charge on any atom is -0.379 e. The van der Waals surface area contributed by atoms with Gasteiger partial charge >= 0.3 is 0 Å². The highest BCUT2D eigenvalue weighted by Gasteiger charge is 2.15. The molecule has 1 heterocycles. The number of guanidine groups is 1. The summed E-state index contributed by atoms with van der Waals surface area (Å²) in [6.45, 7) is 12.2. The Kier molecular flexibility index (Phi) is 13.5. The van der Waals surface area contributed by atoms with E-state index in [4.69, 9.17) is 14.5 Å². The van der Waals surface area contributed by atoms with Gasteiger partial charge in [0.25, 0.3) is 0 Å². The molecule has 7 heteroatoms. The Bertz CT molecular complexity index is 592. The fourth-order valence-electron chi connectivity index (χ4n) is 3.00. The number of rotatable bonds is 11. The van der Waals surface area contributed by atoms with Gasteiger partial charge in [0.15, 0.2) is 5.96 Å². The Labute approximate surface area is 193 Å². The molecule has 0 saturated carbocycles. The lowest BCUT2D eigenvalue weighted by atomic mass is 10.1. The van der Waals surface area contributed by atoms with Crippen molar-refractivity contribution in [3.8, 4) is 0 Å². The predicted octanol–water partition coefficient (Wildman–Crippen LogP) is 3.40. The maximum Gasteiger partial charge on any atom is 0.191 e. The second-order valence-corrected chi connectivity index (χ2v) is 7.61. The largest absolute Gasteiger partial charge is 0.379 e. The molecule has 1 fully saturated rings. The molecule has 0 aromatic heterocycles. The summed E-state index contributed by atoms with van der Waals surface area (Å²) in [6.07, 6.45) is 2.25. The summed E-state index contributed by atoms with van der Waals surface area (Å²) in [5, 5.41) is 6.74. The van der Waals surface area contributed by atoms with Crippen molar-refractivity contribution in [3.63, 3.8) is 0 Å². The lowest BCUT2D eigenvalue weighted by molar-refractivity contribution is 0.0420. The van der Waals surface area contributed by atoms with Gasteiger partial charge in [-0.05, 0) is 51.8 Å². The Morgan fingerprint density at radius 1 is 1.28 bits per heavy atom. The van der Waals surface area contributed by atoms with Crippen molar-refractivity contribution in [1.29, 1.82) is 0 Å². The Morgan fingerprint density at radius 3 is 2.69 bits per heavy atom. The predicted molar refractivity (Wildman–Crippen MR) is 131 cm³/mol. The number of aliphatic imine (C=N–C) groups is 1. The molecular weight excluding hydrogens is 479 g/mol. The van der Waals surface area contributed by atoms with Crippen molar-refractivity contribution in [1.82, 2.24) is 15.5 Å². The zero-order valence-electron chi connectivity index (χ0n) is 18.4. The van der Waals surface area contributed by atoms with Crippen molar-refractivity contribution in [2.45, 2.75) is 58.8 Å². The van der Waals surface area contributed by atoms with Crippen LogP contribution in [0.4, 0.5) is 0 Å². The molecule has 1 saturated heterocycles. The van der Waals surface area contributed by atoms with Crippen molar-refractivity contribution in [2.75, 3.05) is 40.0 Å². The van der Waals surface area contributed by atoms with Gasteiger partial charge in [0.05, 0.1) is 19.3 Å². The van der Waals surface area contributed by atoms with Crippen molar-refractivity contribution in [3.05, 3.63) is 35.4 Å². The SMILES string of the molecule is CCNC(=NCc1ccccc1CN(C)C(C)C)NCCCOC1CCOC1.I. The van der Waals surface area contributed by atoms with E-state index in [0.717, 1.165) is 58.3 Å². The average Bonchev–Trinajstić information content (AvgIpc) is 3.20. The smallest absolute Gasteiger partial charge is 0.191 e. The second-order valence-electron chi connectivity index (χ2n) is 7.61. The maximum absolute atomic E-state index is 5.82. The van der Waals surface area contributed by atoms with Crippen LogP contribution in [0.1, 0.15) is 44.7 Å². The van der Waals surface area contributed by atoms with Crippen molar-refractivity contribution >= 4 is 29.9 Å². The molecule has 1 aromatic rings. The van der Waals surface area contributed by atoms with E-state index in [0.29, 0.717) is 12.6 Å². The molecule has 166 valence electrons. The minimum atomic E-state index is 0. The van der Waals surface area contributed by atoms with E-state index in [1.54, 1.807) is 0 Å². The number of hydrogen-bond donors (Lipinski definition) is 2. The van der Waals surface area contributed by atoms with Gasteiger partial charge in [-0.3, -0.25) is 4.90 Å². The van der Waals surface area contributed by atoms with Gasteiger partial charge in [-0.25, -0.2) is 4.99 Å². The zero-order valence-corrected chi connectivity index (χ0v) is 20.8. The molecule has 1 aliphatic rings. The number of halogens is 1. The Balaban J connectivity index is 0.00000420. The first-order valence-electron chi connectivity index (χ1n) is 10.6. The molecule has 0 amide bonds. The number of nitrogens with one attached hydrogen (secondary N) is 2. The lowest BCUT2D eigenvalue weighted by Gasteiger charge is -2.22. The van der Waals surface area contributed by atoms with Crippen LogP contribution in [-0.4, -0.2) is 63.0 Å². The molecule has 1 aromatic carbocycles. The summed E-state index contributed by atoms with van der Waals surface area (Å²) in [5.74, 6) is 0.860. The first kappa shape index (κ1) is 26.1. The number of benzene rings is 1. The number of nitrogens with zero attached hydrogens (tertiary/aromatic N) is 2. The Hall–Kier alpha value is -0.900. The molecule has 29 heavy (non-hydrogen) atoms. The average molecular weight is 518 g/mol. The highest BCUT2D eigenvalue weighted by molar-refractivity contribution is 14.0. The Morgan fingerprint density at radius 2 is 2.03 bits per heavy atom. The van der Waals surface area contributed by atoms with Crippen LogP contribution in [0.2, 0.25) is 0 Å². The van der Waals surface area contributed by atoms with Gasteiger partial charge in [-0.1, -0.05) is 24.3 Å². The maximum atomic E-state index is 5.82. The molecule has 1 aliphatic heterocycles. The van der Waals surface area contributed by atoms with Gasteiger partial charge < -0.3 is 20.1 Å². The van der Waals surface area contributed by atoms with E-state index in [1.165, 1.54) is 11.1 Å². The van der Waals surface area contributed by atoms with Gasteiger partial charge in [0, 0.05) is 38.9 Å². The highest BCUT2D eigenvalue weighted by Crippen LogP contribution is 2.13. The fraction of sp³-hybridized carbons (Fsp3) is 0.682. The summed E-state index contributed by atoms with van der Waals surface area (Å²) >= 11 is 0. The summed E-state index contributed by atoms with van der Waals surface area (Å²) < 4.78 is 11.1. The van der Waals surface area contributed by atoms with Gasteiger partial charge in [0.1, 0.15) is 0 Å². The van der Waals surface area contributed by atoms with Crippen LogP contribution in [0.5, 0.6) is 0 Å². The quantitative estimate of drug-likeness (QED) is 0.204. The third-order valence-corrected chi connectivity index (χ3v) is 5.03. The van der Waals surface area contributed by atoms with Crippen LogP contribution in [0.3, 0.4) is 0 Å². The van der Waals surface area contributed by atoms with Crippen LogP contribution in [0.25, 0.3) is 0 Å². The lowest BCUT2D eigenvalue weighted by Crippen LogP contribution is -2.38. The van der Waals surface area contributed by atoms with Crippen LogP contribution in [0.15, 0.2) is 29.3 Å². The summed E-state index contributed by atoms with van der Waals surface area (Å²) in [6, 6.07) is 9.10. The van der Waals surface area contributed by atoms with Crippen molar-refractivity contribution < 1.29 is 9.47 Å². The molecule has 2 N–H and O–H groups in total. The van der Waals surface area contributed by atoms with E-state index in [-0.39, 0.29) is 30.1 Å². The molecule has 0 spiro atoms. The van der Waals surface area contributed by atoms with Crippen LogP contribution in [-0.2, 0) is 22.6 Å². The number of ether oxygens (including phenoxy) is 2. The van der Waals surface area contributed by atoms with E-state index < -0.39 is 0 Å². The topological polar surface area (TPSA) is 58.1 Å². The molecule has 6 nitrogen and oxygen atoms in total. The minimum absolute atomic E-state index is 0. The summed E-state index contributed by atoms with van der Waals surface area (Å²) in [7, 11) is 2.16. The first-order valence-corrected chi connectivity index (χ1v) is 10.6. The van der Waals surface area contributed by atoms with E-state index >= 15 is 0 Å². The van der Waals surface area contributed by atoms with Gasteiger partial charge in [-0.2, -0.15) is 0 Å². The van der Waals surface area contributed by atoms with E-state index in [9.17, 15) is 0 Å². The fourth-order valence-corrected chi connectivity index (χ4v) is 3.00. The van der Waals surface area contributed by atoms with Crippen LogP contribution < -0.4 is 10.6 Å².